The minimum absolute atomic E-state index is 0.0213. The molecule has 10 heteroatoms. The highest BCUT2D eigenvalue weighted by Crippen LogP contribution is 2.35. The number of carbonyl (C=O) groups is 3. The second-order valence-corrected chi connectivity index (χ2v) is 8.25. The van der Waals surface area contributed by atoms with Gasteiger partial charge in [0.05, 0.1) is 16.5 Å². The van der Waals surface area contributed by atoms with Crippen molar-refractivity contribution in [2.45, 2.75) is 32.9 Å². The van der Waals surface area contributed by atoms with Gasteiger partial charge >= 0.3 is 0 Å². The van der Waals surface area contributed by atoms with E-state index in [1.807, 2.05) is 19.9 Å². The number of nitrogens with zero attached hydrogens (tertiary/aromatic N) is 2. The van der Waals surface area contributed by atoms with Crippen LogP contribution < -0.4 is 14.8 Å². The Labute approximate surface area is 189 Å². The lowest BCUT2D eigenvalue weighted by atomic mass is 9.95. The highest BCUT2D eigenvalue weighted by atomic mass is 16.6. The summed E-state index contributed by atoms with van der Waals surface area (Å²) in [5.74, 6) is -0.959. The Balaban J connectivity index is 1.57. The minimum Gasteiger partial charge on any atom is -0.486 e. The highest BCUT2D eigenvalue weighted by Gasteiger charge is 2.45. The summed E-state index contributed by atoms with van der Waals surface area (Å²) in [7, 11) is 0. The predicted octanol–water partition coefficient (Wildman–Crippen LogP) is 2.86. The van der Waals surface area contributed by atoms with Crippen LogP contribution in [0.3, 0.4) is 0 Å². The van der Waals surface area contributed by atoms with Gasteiger partial charge in [-0.05, 0) is 36.6 Å². The zero-order chi connectivity index (χ0) is 23.9. The molecule has 2 aromatic carbocycles. The summed E-state index contributed by atoms with van der Waals surface area (Å²) in [5, 5.41) is 14.2. The van der Waals surface area contributed by atoms with Crippen molar-refractivity contribution in [1.29, 1.82) is 0 Å². The molecule has 0 saturated carbocycles. The number of benzene rings is 2. The largest absolute Gasteiger partial charge is 0.486 e. The number of fused-ring (bicyclic) bond motifs is 2. The summed E-state index contributed by atoms with van der Waals surface area (Å²) in [6.45, 7) is 6.17. The van der Waals surface area contributed by atoms with Gasteiger partial charge in [0.25, 0.3) is 17.5 Å². The molecule has 2 unspecified atom stereocenters. The third kappa shape index (κ3) is 3.88. The summed E-state index contributed by atoms with van der Waals surface area (Å²) in [5.41, 5.74) is -0.0504. The van der Waals surface area contributed by atoms with Crippen LogP contribution in [-0.2, 0) is 4.79 Å². The molecule has 3 amide bonds. The molecule has 2 aliphatic heterocycles. The molecule has 10 nitrogen and oxygen atoms in total. The monoisotopic (exact) mass is 453 g/mol. The standard InChI is InChI=1S/C23H23N3O7/c1-12(2)20(14-7-8-17-18(11-14)33-10-9-32-17)24-21(27)13(3)25-22(28)15-5-4-6-16(26(30)31)19(15)23(25)29/h4-8,11-13,20H,9-10H2,1-3H3,(H,24,27). The average molecular weight is 453 g/mol. The van der Waals surface area contributed by atoms with Crippen molar-refractivity contribution in [1.82, 2.24) is 10.2 Å². The van der Waals surface area contributed by atoms with Crippen LogP contribution in [0.25, 0.3) is 0 Å². The lowest BCUT2D eigenvalue weighted by Crippen LogP contribution is -2.49. The molecule has 0 aromatic heterocycles. The fourth-order valence-corrected chi connectivity index (χ4v) is 4.07. The van der Waals surface area contributed by atoms with Gasteiger partial charge in [0.1, 0.15) is 24.8 Å². The van der Waals surface area contributed by atoms with E-state index >= 15 is 0 Å². The number of hydrogen-bond acceptors (Lipinski definition) is 7. The van der Waals surface area contributed by atoms with Crippen LogP contribution in [-0.4, -0.2) is 46.8 Å². The molecule has 0 spiro atoms. The Kier molecular flexibility index (Phi) is 5.75. The molecular weight excluding hydrogens is 430 g/mol. The molecule has 0 radical (unpaired) electrons. The van der Waals surface area contributed by atoms with E-state index in [4.69, 9.17) is 9.47 Å². The fraction of sp³-hybridized carbons (Fsp3) is 0.348. The number of hydrogen-bond donors (Lipinski definition) is 1. The molecule has 0 bridgehead atoms. The molecule has 2 atom stereocenters. The normalized spacial score (nSPS) is 16.4. The van der Waals surface area contributed by atoms with Crippen molar-refractivity contribution >= 4 is 23.4 Å². The van der Waals surface area contributed by atoms with Crippen LogP contribution in [0.2, 0.25) is 0 Å². The number of carbonyl (C=O) groups excluding carboxylic acids is 3. The molecule has 2 aliphatic rings. The number of ether oxygens (including phenoxy) is 2. The minimum atomic E-state index is -1.17. The molecule has 2 heterocycles. The Morgan fingerprint density at radius 3 is 2.42 bits per heavy atom. The predicted molar refractivity (Wildman–Crippen MR) is 116 cm³/mol. The molecule has 4 rings (SSSR count). The molecule has 0 aliphatic carbocycles. The second-order valence-electron chi connectivity index (χ2n) is 8.25. The highest BCUT2D eigenvalue weighted by molar-refractivity contribution is 6.24. The quantitative estimate of drug-likeness (QED) is 0.405. The first-order chi connectivity index (χ1) is 15.7. The molecule has 172 valence electrons. The summed E-state index contributed by atoms with van der Waals surface area (Å²) in [4.78, 5) is 50.3. The summed E-state index contributed by atoms with van der Waals surface area (Å²) in [6, 6.07) is 7.65. The van der Waals surface area contributed by atoms with Crippen LogP contribution in [0.5, 0.6) is 11.5 Å². The molecule has 0 fully saturated rings. The van der Waals surface area contributed by atoms with Crippen molar-refractivity contribution in [3.8, 4) is 11.5 Å². The fourth-order valence-electron chi connectivity index (χ4n) is 4.07. The van der Waals surface area contributed by atoms with E-state index in [0.29, 0.717) is 24.7 Å². The van der Waals surface area contributed by atoms with Gasteiger partial charge in [-0.1, -0.05) is 26.0 Å². The number of imide groups is 1. The third-order valence-electron chi connectivity index (χ3n) is 5.78. The Morgan fingerprint density at radius 1 is 1.06 bits per heavy atom. The zero-order valence-corrected chi connectivity index (χ0v) is 18.4. The number of nitro groups is 1. The SMILES string of the molecule is CC(C)C(NC(=O)C(C)N1C(=O)c2cccc([N+](=O)[O-])c2C1=O)c1ccc2c(c1)OCCO2. The second kappa shape index (κ2) is 8.53. The summed E-state index contributed by atoms with van der Waals surface area (Å²) >= 11 is 0. The van der Waals surface area contributed by atoms with Gasteiger partial charge in [0.2, 0.25) is 5.91 Å². The van der Waals surface area contributed by atoms with Crippen molar-refractivity contribution in [3.63, 3.8) is 0 Å². The summed E-state index contributed by atoms with van der Waals surface area (Å²) in [6.07, 6.45) is 0. The third-order valence-corrected chi connectivity index (χ3v) is 5.78. The number of nitrogens with one attached hydrogen (secondary N) is 1. The maximum absolute atomic E-state index is 13.1. The van der Waals surface area contributed by atoms with Gasteiger partial charge in [-0.25, -0.2) is 0 Å². The Bertz CT molecular complexity index is 1160. The molecule has 0 saturated heterocycles. The van der Waals surface area contributed by atoms with Gasteiger partial charge < -0.3 is 14.8 Å². The molecular formula is C23H23N3O7. The van der Waals surface area contributed by atoms with Gasteiger partial charge in [-0.2, -0.15) is 0 Å². The molecule has 33 heavy (non-hydrogen) atoms. The van der Waals surface area contributed by atoms with Gasteiger partial charge in [-0.15, -0.1) is 0 Å². The Hall–Kier alpha value is -3.95. The number of rotatable bonds is 6. The Morgan fingerprint density at radius 2 is 1.76 bits per heavy atom. The topological polar surface area (TPSA) is 128 Å². The van der Waals surface area contributed by atoms with E-state index in [1.165, 1.54) is 19.1 Å². The first kappa shape index (κ1) is 22.3. The zero-order valence-electron chi connectivity index (χ0n) is 18.4. The van der Waals surface area contributed by atoms with Gasteiger partial charge in [-0.3, -0.25) is 29.4 Å². The van der Waals surface area contributed by atoms with Crippen LogP contribution in [0.15, 0.2) is 36.4 Å². The van der Waals surface area contributed by atoms with Gasteiger partial charge in [0.15, 0.2) is 11.5 Å². The first-order valence-electron chi connectivity index (χ1n) is 10.6. The van der Waals surface area contributed by atoms with Crippen LogP contribution in [0.4, 0.5) is 5.69 Å². The van der Waals surface area contributed by atoms with E-state index in [9.17, 15) is 24.5 Å². The van der Waals surface area contributed by atoms with Crippen LogP contribution in [0.1, 0.15) is 53.1 Å². The van der Waals surface area contributed by atoms with E-state index in [-0.39, 0.29) is 17.0 Å². The first-order valence-corrected chi connectivity index (χ1v) is 10.6. The maximum Gasteiger partial charge on any atom is 0.282 e. The van der Waals surface area contributed by atoms with Crippen molar-refractivity contribution in [2.75, 3.05) is 13.2 Å². The van der Waals surface area contributed by atoms with Crippen LogP contribution in [0, 0.1) is 16.0 Å². The maximum atomic E-state index is 13.1. The van der Waals surface area contributed by atoms with Crippen molar-refractivity contribution < 1.29 is 28.8 Å². The summed E-state index contributed by atoms with van der Waals surface area (Å²) < 4.78 is 11.2. The average Bonchev–Trinajstić information content (AvgIpc) is 3.06. The lowest BCUT2D eigenvalue weighted by Gasteiger charge is -2.28. The van der Waals surface area contributed by atoms with E-state index in [1.54, 1.807) is 12.1 Å². The van der Waals surface area contributed by atoms with E-state index in [2.05, 4.69) is 5.32 Å². The van der Waals surface area contributed by atoms with E-state index in [0.717, 1.165) is 16.5 Å². The lowest BCUT2D eigenvalue weighted by molar-refractivity contribution is -0.385. The van der Waals surface area contributed by atoms with Crippen molar-refractivity contribution in [3.05, 3.63) is 63.2 Å². The molecule has 2 aromatic rings. The van der Waals surface area contributed by atoms with Crippen molar-refractivity contribution in [2.24, 2.45) is 5.92 Å². The van der Waals surface area contributed by atoms with Gasteiger partial charge in [0, 0.05) is 6.07 Å². The smallest absolute Gasteiger partial charge is 0.282 e. The van der Waals surface area contributed by atoms with Crippen LogP contribution >= 0.6 is 0 Å². The number of nitro benzene ring substituents is 1. The number of amides is 3. The molecule has 1 N–H and O–H groups in total. The van der Waals surface area contributed by atoms with E-state index < -0.39 is 40.4 Å².